The quantitative estimate of drug-likeness (QED) is 0.578. The maximum Gasteiger partial charge on any atom is 0.310 e. The van der Waals surface area contributed by atoms with Crippen LogP contribution in [0.25, 0.3) is 0 Å². The van der Waals surface area contributed by atoms with Gasteiger partial charge in [-0.05, 0) is 37.6 Å². The lowest BCUT2D eigenvalue weighted by molar-refractivity contribution is -0.147. The summed E-state index contributed by atoms with van der Waals surface area (Å²) in [4.78, 5) is 11.7. The Balaban J connectivity index is 2.33. The van der Waals surface area contributed by atoms with Crippen LogP contribution in [0.15, 0.2) is 24.3 Å². The molecule has 0 saturated carbocycles. The molecule has 19 heavy (non-hydrogen) atoms. The zero-order valence-corrected chi connectivity index (χ0v) is 11.9. The molecule has 0 bridgehead atoms. The lowest BCUT2D eigenvalue weighted by Crippen LogP contribution is -2.29. The van der Waals surface area contributed by atoms with Crippen LogP contribution < -0.4 is 10.1 Å². The minimum absolute atomic E-state index is 0.0997. The van der Waals surface area contributed by atoms with E-state index >= 15 is 0 Å². The molecule has 1 aromatic rings. The maximum absolute atomic E-state index is 11.7. The van der Waals surface area contributed by atoms with Crippen LogP contribution in [0.3, 0.4) is 0 Å². The molecule has 0 saturated heterocycles. The highest BCUT2D eigenvalue weighted by molar-refractivity contribution is 5.72. The highest BCUT2D eigenvalue weighted by atomic mass is 16.5. The Hall–Kier alpha value is -1.55. The van der Waals surface area contributed by atoms with Gasteiger partial charge in [0.25, 0.3) is 0 Å². The lowest BCUT2D eigenvalue weighted by atomic mass is 10.1. The first kappa shape index (κ1) is 15.5. The SMILES string of the molecule is CCCNCC(C)OC(=O)Cc1ccc(OC)cc1. The number of benzene rings is 1. The summed E-state index contributed by atoms with van der Waals surface area (Å²) in [5, 5.41) is 3.23. The van der Waals surface area contributed by atoms with E-state index in [1.807, 2.05) is 31.2 Å². The molecule has 0 radical (unpaired) electrons. The minimum Gasteiger partial charge on any atom is -0.497 e. The number of carbonyl (C=O) groups excluding carboxylic acids is 1. The van der Waals surface area contributed by atoms with Crippen molar-refractivity contribution in [3.05, 3.63) is 29.8 Å². The molecule has 1 aromatic carbocycles. The molecule has 1 N–H and O–H groups in total. The van der Waals surface area contributed by atoms with E-state index in [0.29, 0.717) is 13.0 Å². The summed E-state index contributed by atoms with van der Waals surface area (Å²) in [6.45, 7) is 5.64. The Kier molecular flexibility index (Phi) is 6.97. The summed E-state index contributed by atoms with van der Waals surface area (Å²) < 4.78 is 10.4. The van der Waals surface area contributed by atoms with Gasteiger partial charge in [0.2, 0.25) is 0 Å². The fourth-order valence-corrected chi connectivity index (χ4v) is 1.70. The van der Waals surface area contributed by atoms with Crippen LogP contribution in [-0.2, 0) is 16.0 Å². The number of ether oxygens (including phenoxy) is 2. The van der Waals surface area contributed by atoms with Crippen molar-refractivity contribution < 1.29 is 14.3 Å². The molecule has 0 heterocycles. The second kappa shape index (κ2) is 8.53. The number of hydrogen-bond donors (Lipinski definition) is 1. The Morgan fingerprint density at radius 3 is 2.58 bits per heavy atom. The van der Waals surface area contributed by atoms with Gasteiger partial charge in [-0.2, -0.15) is 0 Å². The van der Waals surface area contributed by atoms with Crippen molar-refractivity contribution in [1.29, 1.82) is 0 Å². The fourth-order valence-electron chi connectivity index (χ4n) is 1.70. The molecule has 4 nitrogen and oxygen atoms in total. The van der Waals surface area contributed by atoms with Gasteiger partial charge in [0.15, 0.2) is 0 Å². The van der Waals surface area contributed by atoms with Gasteiger partial charge in [0.05, 0.1) is 13.5 Å². The van der Waals surface area contributed by atoms with Gasteiger partial charge in [-0.15, -0.1) is 0 Å². The fraction of sp³-hybridized carbons (Fsp3) is 0.533. The molecule has 1 rings (SSSR count). The second-order valence-electron chi connectivity index (χ2n) is 4.53. The zero-order chi connectivity index (χ0) is 14.1. The van der Waals surface area contributed by atoms with E-state index in [0.717, 1.165) is 24.3 Å². The minimum atomic E-state index is -0.198. The van der Waals surface area contributed by atoms with E-state index in [1.165, 1.54) is 0 Å². The van der Waals surface area contributed by atoms with Crippen LogP contribution in [0.5, 0.6) is 5.75 Å². The maximum atomic E-state index is 11.7. The van der Waals surface area contributed by atoms with Crippen LogP contribution in [0.2, 0.25) is 0 Å². The van der Waals surface area contributed by atoms with Crippen molar-refractivity contribution in [2.75, 3.05) is 20.2 Å². The highest BCUT2D eigenvalue weighted by Gasteiger charge is 2.10. The first-order valence-electron chi connectivity index (χ1n) is 6.68. The molecular weight excluding hydrogens is 242 g/mol. The smallest absolute Gasteiger partial charge is 0.310 e. The summed E-state index contributed by atoms with van der Waals surface area (Å²) in [6, 6.07) is 7.43. The number of esters is 1. The van der Waals surface area contributed by atoms with Crippen molar-refractivity contribution in [3.8, 4) is 5.75 Å². The molecule has 0 aliphatic rings. The molecule has 0 aromatic heterocycles. The van der Waals surface area contributed by atoms with Gasteiger partial charge >= 0.3 is 5.97 Å². The van der Waals surface area contributed by atoms with Crippen molar-refractivity contribution in [3.63, 3.8) is 0 Å². The molecule has 106 valence electrons. The van der Waals surface area contributed by atoms with Crippen molar-refractivity contribution in [2.24, 2.45) is 0 Å². The molecule has 0 spiro atoms. The van der Waals surface area contributed by atoms with Crippen molar-refractivity contribution in [1.82, 2.24) is 5.32 Å². The van der Waals surface area contributed by atoms with Crippen LogP contribution in [0, 0.1) is 0 Å². The molecule has 0 fully saturated rings. The average molecular weight is 265 g/mol. The molecule has 0 aliphatic carbocycles. The molecule has 4 heteroatoms. The largest absolute Gasteiger partial charge is 0.497 e. The van der Waals surface area contributed by atoms with Crippen LogP contribution in [-0.4, -0.2) is 32.3 Å². The van der Waals surface area contributed by atoms with Gasteiger partial charge in [-0.25, -0.2) is 0 Å². The number of nitrogens with one attached hydrogen (secondary N) is 1. The predicted molar refractivity (Wildman–Crippen MR) is 75.4 cm³/mol. The Bertz CT molecular complexity index is 375. The monoisotopic (exact) mass is 265 g/mol. The standard InChI is InChI=1S/C15H23NO3/c1-4-9-16-11-12(2)19-15(17)10-13-5-7-14(18-3)8-6-13/h5-8,12,16H,4,9-11H2,1-3H3. The summed E-state index contributed by atoms with van der Waals surface area (Å²) in [7, 11) is 1.62. The summed E-state index contributed by atoms with van der Waals surface area (Å²) >= 11 is 0. The molecule has 1 unspecified atom stereocenters. The van der Waals surface area contributed by atoms with Crippen LogP contribution in [0.4, 0.5) is 0 Å². The predicted octanol–water partition coefficient (Wildman–Crippen LogP) is 2.17. The normalized spacial score (nSPS) is 11.9. The molecular formula is C15H23NO3. The summed E-state index contributed by atoms with van der Waals surface area (Å²) in [5.41, 5.74) is 0.930. The Morgan fingerprint density at radius 2 is 2.00 bits per heavy atom. The number of hydrogen-bond acceptors (Lipinski definition) is 4. The van der Waals surface area contributed by atoms with E-state index in [-0.39, 0.29) is 12.1 Å². The van der Waals surface area contributed by atoms with Gasteiger partial charge in [-0.3, -0.25) is 4.79 Å². The molecule has 0 aliphatic heterocycles. The molecule has 0 amide bonds. The topological polar surface area (TPSA) is 47.6 Å². The highest BCUT2D eigenvalue weighted by Crippen LogP contribution is 2.12. The summed E-state index contributed by atoms with van der Waals surface area (Å²) in [5.74, 6) is 0.588. The van der Waals surface area contributed by atoms with Crippen molar-refractivity contribution >= 4 is 5.97 Å². The second-order valence-corrected chi connectivity index (χ2v) is 4.53. The Morgan fingerprint density at radius 1 is 1.32 bits per heavy atom. The van der Waals surface area contributed by atoms with E-state index in [4.69, 9.17) is 9.47 Å². The average Bonchev–Trinajstić information content (AvgIpc) is 2.39. The lowest BCUT2D eigenvalue weighted by Gasteiger charge is -2.14. The third-order valence-electron chi connectivity index (χ3n) is 2.70. The zero-order valence-electron chi connectivity index (χ0n) is 11.9. The van der Waals surface area contributed by atoms with Gasteiger partial charge in [0, 0.05) is 6.54 Å². The van der Waals surface area contributed by atoms with Crippen LogP contribution >= 0.6 is 0 Å². The number of carbonyl (C=O) groups is 1. The van der Waals surface area contributed by atoms with E-state index in [2.05, 4.69) is 12.2 Å². The van der Waals surface area contributed by atoms with Gasteiger partial charge in [-0.1, -0.05) is 19.1 Å². The van der Waals surface area contributed by atoms with Crippen molar-refractivity contribution in [2.45, 2.75) is 32.8 Å². The third-order valence-corrected chi connectivity index (χ3v) is 2.70. The van der Waals surface area contributed by atoms with Gasteiger partial charge in [0.1, 0.15) is 11.9 Å². The first-order valence-corrected chi connectivity index (χ1v) is 6.68. The molecule has 1 atom stereocenters. The van der Waals surface area contributed by atoms with Gasteiger partial charge < -0.3 is 14.8 Å². The summed E-state index contributed by atoms with van der Waals surface area (Å²) in [6.07, 6.45) is 1.27. The first-order chi connectivity index (χ1) is 9.15. The number of rotatable bonds is 8. The Labute approximate surface area is 115 Å². The van der Waals surface area contributed by atoms with E-state index in [1.54, 1.807) is 7.11 Å². The van der Waals surface area contributed by atoms with E-state index < -0.39 is 0 Å². The van der Waals surface area contributed by atoms with E-state index in [9.17, 15) is 4.79 Å². The third kappa shape index (κ3) is 6.25. The number of methoxy groups -OCH3 is 1. The van der Waals surface area contributed by atoms with Crippen LogP contribution in [0.1, 0.15) is 25.8 Å².